The molecule has 2 aromatic rings. The number of ether oxygens (including phenoxy) is 2. The summed E-state index contributed by atoms with van der Waals surface area (Å²) in [4.78, 5) is 4.46. The summed E-state index contributed by atoms with van der Waals surface area (Å²) < 4.78 is 11.1. The van der Waals surface area contributed by atoms with Gasteiger partial charge in [0.15, 0.2) is 0 Å². The number of nitrogens with one attached hydrogen (secondary N) is 1. The van der Waals surface area contributed by atoms with Crippen molar-refractivity contribution in [2.24, 2.45) is 11.7 Å². The summed E-state index contributed by atoms with van der Waals surface area (Å²) >= 11 is 0. The molecule has 1 aromatic carbocycles. The van der Waals surface area contributed by atoms with E-state index in [1.807, 2.05) is 24.3 Å². The zero-order valence-corrected chi connectivity index (χ0v) is 11.1. The van der Waals surface area contributed by atoms with Gasteiger partial charge in [0, 0.05) is 29.5 Å². The Bertz CT molecular complexity index is 636. The molecule has 1 unspecified atom stereocenters. The van der Waals surface area contributed by atoms with Crippen LogP contribution >= 0.6 is 0 Å². The largest absolute Gasteiger partial charge is 0.477 e. The molecule has 1 aromatic heterocycles. The van der Waals surface area contributed by atoms with Crippen LogP contribution in [0.2, 0.25) is 0 Å². The minimum Gasteiger partial charge on any atom is -0.477 e. The fourth-order valence-electron chi connectivity index (χ4n) is 2.37. The molecular weight excluding hydrogens is 254 g/mol. The molecule has 3 N–H and O–H groups in total. The molecule has 3 rings (SSSR count). The molecule has 0 aliphatic carbocycles. The lowest BCUT2D eigenvalue weighted by Crippen LogP contribution is -2.15. The van der Waals surface area contributed by atoms with Crippen LogP contribution in [0.5, 0.6) is 5.88 Å². The maximum Gasteiger partial charge on any atom is 0.214 e. The molecule has 20 heavy (non-hydrogen) atoms. The number of benzene rings is 1. The third kappa shape index (κ3) is 2.58. The highest BCUT2D eigenvalue weighted by Gasteiger charge is 2.17. The minimum absolute atomic E-state index is 0.0256. The number of nitrogen functional groups attached to an aromatic ring is 1. The lowest BCUT2D eigenvalue weighted by molar-refractivity contribution is 0.165. The Morgan fingerprint density at radius 3 is 3.05 bits per heavy atom. The Morgan fingerprint density at radius 2 is 2.30 bits per heavy atom. The normalized spacial score (nSPS) is 18.3. The molecule has 0 amide bonds. The summed E-state index contributed by atoms with van der Waals surface area (Å²) in [6, 6.07) is 9.36. The van der Waals surface area contributed by atoms with Crippen LogP contribution < -0.4 is 10.5 Å². The molecule has 1 aliphatic rings. The second-order valence-corrected chi connectivity index (χ2v) is 4.98. The van der Waals surface area contributed by atoms with Gasteiger partial charge in [0.2, 0.25) is 5.88 Å². The first kappa shape index (κ1) is 12.9. The molecule has 1 fully saturated rings. The van der Waals surface area contributed by atoms with E-state index in [4.69, 9.17) is 20.6 Å². The highest BCUT2D eigenvalue weighted by Crippen LogP contribution is 2.22. The van der Waals surface area contributed by atoms with E-state index in [-0.39, 0.29) is 5.84 Å². The van der Waals surface area contributed by atoms with Crippen LogP contribution in [0.3, 0.4) is 0 Å². The summed E-state index contributed by atoms with van der Waals surface area (Å²) in [6.07, 6.45) is 1.02. The van der Waals surface area contributed by atoms with Gasteiger partial charge in [-0.05, 0) is 12.5 Å². The fourth-order valence-corrected chi connectivity index (χ4v) is 2.37. The summed E-state index contributed by atoms with van der Waals surface area (Å²) in [5.41, 5.74) is 7.10. The molecule has 0 radical (unpaired) electrons. The van der Waals surface area contributed by atoms with E-state index < -0.39 is 0 Å². The van der Waals surface area contributed by atoms with Crippen LogP contribution in [0.15, 0.2) is 30.3 Å². The van der Waals surface area contributed by atoms with E-state index in [0.717, 1.165) is 30.5 Å². The summed E-state index contributed by atoms with van der Waals surface area (Å²) in [5.74, 6) is 0.961. The van der Waals surface area contributed by atoms with Crippen LogP contribution in [0.4, 0.5) is 0 Å². The van der Waals surface area contributed by atoms with Crippen molar-refractivity contribution in [2.75, 3.05) is 19.8 Å². The second-order valence-electron chi connectivity index (χ2n) is 4.98. The quantitative estimate of drug-likeness (QED) is 0.657. The second kappa shape index (κ2) is 5.46. The topological polar surface area (TPSA) is 81.2 Å². The molecule has 0 bridgehead atoms. The molecule has 5 nitrogen and oxygen atoms in total. The monoisotopic (exact) mass is 271 g/mol. The Balaban J connectivity index is 1.88. The standard InChI is InChI=1S/C15H17N3O2/c16-15(17)12-7-14(20-9-10-5-6-19-8-10)18-13-4-2-1-3-11(12)13/h1-4,7,10H,5-6,8-9H2,(H3,16,17). The van der Waals surface area contributed by atoms with Gasteiger partial charge in [-0.25, -0.2) is 4.98 Å². The van der Waals surface area contributed by atoms with Gasteiger partial charge in [0.05, 0.1) is 18.7 Å². The van der Waals surface area contributed by atoms with Gasteiger partial charge in [0.25, 0.3) is 0 Å². The maximum absolute atomic E-state index is 7.69. The van der Waals surface area contributed by atoms with E-state index in [1.165, 1.54) is 0 Å². The number of nitrogens with two attached hydrogens (primary N) is 1. The van der Waals surface area contributed by atoms with E-state index >= 15 is 0 Å². The number of aromatic nitrogens is 1. The van der Waals surface area contributed by atoms with Crippen molar-refractivity contribution in [1.29, 1.82) is 5.41 Å². The number of amidine groups is 1. The highest BCUT2D eigenvalue weighted by atomic mass is 16.5. The average molecular weight is 271 g/mol. The van der Waals surface area contributed by atoms with Crippen LogP contribution in [0.25, 0.3) is 10.9 Å². The number of pyridine rings is 1. The summed E-state index contributed by atoms with van der Waals surface area (Å²) in [7, 11) is 0. The first-order valence-corrected chi connectivity index (χ1v) is 6.69. The van der Waals surface area contributed by atoms with Crippen LogP contribution in [-0.4, -0.2) is 30.6 Å². The molecule has 2 heterocycles. The summed E-state index contributed by atoms with van der Waals surface area (Å²) in [5, 5.41) is 8.56. The molecule has 1 saturated heterocycles. The molecule has 1 aliphatic heterocycles. The van der Waals surface area contributed by atoms with Crippen molar-refractivity contribution in [3.05, 3.63) is 35.9 Å². The third-order valence-corrected chi connectivity index (χ3v) is 3.47. The zero-order chi connectivity index (χ0) is 13.9. The Labute approximate surface area is 117 Å². The number of hydrogen-bond donors (Lipinski definition) is 2. The van der Waals surface area contributed by atoms with Gasteiger partial charge in [-0.15, -0.1) is 0 Å². The fraction of sp³-hybridized carbons (Fsp3) is 0.333. The van der Waals surface area contributed by atoms with Gasteiger partial charge < -0.3 is 15.2 Å². The molecule has 0 spiro atoms. The Morgan fingerprint density at radius 1 is 1.45 bits per heavy atom. The highest BCUT2D eigenvalue weighted by molar-refractivity contribution is 6.06. The van der Waals surface area contributed by atoms with Crippen LogP contribution in [0.1, 0.15) is 12.0 Å². The lowest BCUT2D eigenvalue weighted by atomic mass is 10.1. The van der Waals surface area contributed by atoms with E-state index in [0.29, 0.717) is 24.0 Å². The number of hydrogen-bond acceptors (Lipinski definition) is 4. The van der Waals surface area contributed by atoms with Crippen LogP contribution in [-0.2, 0) is 4.74 Å². The smallest absolute Gasteiger partial charge is 0.214 e. The third-order valence-electron chi connectivity index (χ3n) is 3.47. The number of para-hydroxylation sites is 1. The predicted octanol–water partition coefficient (Wildman–Crippen LogP) is 1.93. The predicted molar refractivity (Wildman–Crippen MR) is 77.2 cm³/mol. The van der Waals surface area contributed by atoms with Gasteiger partial charge >= 0.3 is 0 Å². The van der Waals surface area contributed by atoms with Crippen LogP contribution in [0, 0.1) is 11.3 Å². The molecule has 104 valence electrons. The van der Waals surface area contributed by atoms with Gasteiger partial charge in [-0.3, -0.25) is 5.41 Å². The van der Waals surface area contributed by atoms with Crippen molar-refractivity contribution in [3.63, 3.8) is 0 Å². The number of fused-ring (bicyclic) bond motifs is 1. The Hall–Kier alpha value is -2.14. The minimum atomic E-state index is 0.0256. The number of nitrogens with zero attached hydrogens (tertiary/aromatic N) is 1. The van der Waals surface area contributed by atoms with E-state index in [1.54, 1.807) is 6.07 Å². The zero-order valence-electron chi connectivity index (χ0n) is 11.1. The van der Waals surface area contributed by atoms with Crippen molar-refractivity contribution in [3.8, 4) is 5.88 Å². The Kier molecular flexibility index (Phi) is 3.52. The average Bonchev–Trinajstić information content (AvgIpc) is 2.97. The lowest BCUT2D eigenvalue weighted by Gasteiger charge is -2.12. The van der Waals surface area contributed by atoms with E-state index in [2.05, 4.69) is 4.98 Å². The molecule has 5 heteroatoms. The number of rotatable bonds is 4. The van der Waals surface area contributed by atoms with Crippen molar-refractivity contribution in [2.45, 2.75) is 6.42 Å². The van der Waals surface area contributed by atoms with Crippen molar-refractivity contribution in [1.82, 2.24) is 4.98 Å². The molecular formula is C15H17N3O2. The maximum atomic E-state index is 7.69. The first-order valence-electron chi connectivity index (χ1n) is 6.69. The first-order chi connectivity index (χ1) is 9.74. The summed E-state index contributed by atoms with van der Waals surface area (Å²) in [6.45, 7) is 2.13. The van der Waals surface area contributed by atoms with Gasteiger partial charge in [-0.2, -0.15) is 0 Å². The van der Waals surface area contributed by atoms with E-state index in [9.17, 15) is 0 Å². The molecule has 1 atom stereocenters. The van der Waals surface area contributed by atoms with Crippen molar-refractivity contribution < 1.29 is 9.47 Å². The SMILES string of the molecule is N=C(N)c1cc(OCC2CCOC2)nc2ccccc12. The molecule has 0 saturated carbocycles. The van der Waals surface area contributed by atoms with Crippen molar-refractivity contribution >= 4 is 16.7 Å². The van der Waals surface area contributed by atoms with Gasteiger partial charge in [0.1, 0.15) is 5.84 Å². The van der Waals surface area contributed by atoms with Gasteiger partial charge in [-0.1, -0.05) is 18.2 Å².